The zero-order chi connectivity index (χ0) is 18.3. The molecule has 10 heteroatoms. The quantitative estimate of drug-likeness (QED) is 0.525. The Labute approximate surface area is 141 Å². The third kappa shape index (κ3) is 2.71. The maximum absolute atomic E-state index is 12.8. The highest BCUT2D eigenvalue weighted by molar-refractivity contribution is 5.74. The summed E-state index contributed by atoms with van der Waals surface area (Å²) in [5, 5.41) is 20.3. The number of anilines is 1. The number of hydrogen-bond donors (Lipinski definition) is 4. The van der Waals surface area contributed by atoms with Crippen LogP contribution in [0.3, 0.4) is 0 Å². The molecular weight excluding hydrogens is 330 g/mol. The van der Waals surface area contributed by atoms with Gasteiger partial charge in [0.25, 0.3) is 5.56 Å². The van der Waals surface area contributed by atoms with E-state index in [1.807, 2.05) is 0 Å². The molecule has 1 aliphatic heterocycles. The number of H-pyrrole nitrogens is 1. The van der Waals surface area contributed by atoms with Crippen molar-refractivity contribution in [2.75, 3.05) is 5.73 Å². The van der Waals surface area contributed by atoms with Crippen molar-refractivity contribution >= 4 is 23.3 Å². The van der Waals surface area contributed by atoms with Crippen LogP contribution in [0.1, 0.15) is 26.0 Å². The van der Waals surface area contributed by atoms with Crippen LogP contribution in [0, 0.1) is 0 Å². The smallest absolute Gasteiger partial charge is 0.337 e. The van der Waals surface area contributed by atoms with Gasteiger partial charge < -0.3 is 20.7 Å². The predicted molar refractivity (Wildman–Crippen MR) is 89.8 cm³/mol. The lowest BCUT2D eigenvalue weighted by atomic mass is 10.1. The highest BCUT2D eigenvalue weighted by atomic mass is 16.5. The standard InChI is InChI=1S/C15H19N5O5/c1-3-5-19-10-11(17-14(16)18-12(10)23)20(15(19)24)13-8(22)6-9(25-13)7(21)4-2/h5,7-9,13,21-22H,1,4,6H2,2H3,(H3,16,17,18,23)/t7-,8+,9-,13+/m0/s1. The summed E-state index contributed by atoms with van der Waals surface area (Å²) < 4.78 is 7.74. The van der Waals surface area contributed by atoms with E-state index in [0.717, 1.165) is 9.13 Å². The number of fused-ring (bicyclic) bond motifs is 1. The number of rotatable bonds is 4. The zero-order valence-electron chi connectivity index (χ0n) is 13.5. The molecule has 10 nitrogen and oxygen atoms in total. The number of aromatic amines is 1. The van der Waals surface area contributed by atoms with Crippen molar-refractivity contribution < 1.29 is 14.9 Å². The number of nitrogens with one attached hydrogen (secondary N) is 1. The molecule has 2 aromatic rings. The third-order valence-corrected chi connectivity index (χ3v) is 4.22. The van der Waals surface area contributed by atoms with Gasteiger partial charge in [0.1, 0.15) is 6.10 Å². The monoisotopic (exact) mass is 349 g/mol. The summed E-state index contributed by atoms with van der Waals surface area (Å²) in [5.41, 5.74) is 6.63. The molecular formula is C15H19N5O5. The lowest BCUT2D eigenvalue weighted by Gasteiger charge is -2.18. The molecule has 0 saturated carbocycles. The number of aromatic nitrogens is 4. The summed E-state index contributed by atoms with van der Waals surface area (Å²) in [6.07, 6.45) is -1.80. The molecule has 25 heavy (non-hydrogen) atoms. The van der Waals surface area contributed by atoms with Crippen molar-refractivity contribution in [2.24, 2.45) is 0 Å². The van der Waals surface area contributed by atoms with Gasteiger partial charge in [0.2, 0.25) is 5.95 Å². The number of nitrogens with two attached hydrogens (primary N) is 1. The van der Waals surface area contributed by atoms with Crippen LogP contribution < -0.4 is 17.0 Å². The van der Waals surface area contributed by atoms with Gasteiger partial charge in [-0.05, 0) is 6.42 Å². The van der Waals surface area contributed by atoms with Crippen molar-refractivity contribution in [3.63, 3.8) is 0 Å². The van der Waals surface area contributed by atoms with Gasteiger partial charge >= 0.3 is 5.69 Å². The third-order valence-electron chi connectivity index (χ3n) is 4.22. The van der Waals surface area contributed by atoms with Crippen LogP contribution in [0.4, 0.5) is 5.95 Å². The van der Waals surface area contributed by atoms with Crippen molar-refractivity contribution in [2.45, 2.75) is 44.3 Å². The van der Waals surface area contributed by atoms with E-state index in [9.17, 15) is 19.8 Å². The molecule has 3 rings (SSSR count). The minimum atomic E-state index is -1.10. The fourth-order valence-corrected chi connectivity index (χ4v) is 3.02. The number of hydrogen-bond acceptors (Lipinski definition) is 7. The topological polar surface area (TPSA) is 148 Å². The van der Waals surface area contributed by atoms with Crippen LogP contribution in [0.15, 0.2) is 21.9 Å². The van der Waals surface area contributed by atoms with Crippen molar-refractivity contribution in [1.29, 1.82) is 0 Å². The average Bonchev–Trinajstić information content (AvgIpc) is 3.05. The maximum Gasteiger partial charge on any atom is 0.337 e. The Bertz CT molecular complexity index is 967. The Morgan fingerprint density at radius 2 is 2.32 bits per heavy atom. The molecule has 0 unspecified atom stereocenters. The van der Waals surface area contributed by atoms with E-state index >= 15 is 0 Å². The van der Waals surface area contributed by atoms with Gasteiger partial charge in [-0.1, -0.05) is 13.5 Å². The predicted octanol–water partition coefficient (Wildman–Crippen LogP) is -0.857. The maximum atomic E-state index is 12.8. The Morgan fingerprint density at radius 1 is 1.60 bits per heavy atom. The Morgan fingerprint density at radius 3 is 2.96 bits per heavy atom. The second kappa shape index (κ2) is 6.34. The zero-order valence-corrected chi connectivity index (χ0v) is 13.5. The fraction of sp³-hybridized carbons (Fsp3) is 0.467. The Hall–Kier alpha value is -2.65. The van der Waals surface area contributed by atoms with Crippen LogP contribution in [0.25, 0.3) is 17.4 Å². The molecule has 4 atom stereocenters. The first kappa shape index (κ1) is 17.2. The van der Waals surface area contributed by atoms with E-state index in [4.69, 9.17) is 10.5 Å². The van der Waals surface area contributed by atoms with Gasteiger partial charge in [0, 0.05) is 6.42 Å². The molecule has 0 radical (unpaired) electrons. The highest BCUT2D eigenvalue weighted by Crippen LogP contribution is 2.32. The van der Waals surface area contributed by atoms with Crippen molar-refractivity contribution in [3.8, 4) is 0 Å². The summed E-state index contributed by atoms with van der Waals surface area (Å²) in [6.45, 7) is 5.18. The second-order valence-electron chi connectivity index (χ2n) is 5.82. The first-order valence-electron chi connectivity index (χ1n) is 7.78. The van der Waals surface area contributed by atoms with E-state index < -0.39 is 35.8 Å². The molecule has 0 aromatic carbocycles. The minimum Gasteiger partial charge on any atom is -0.390 e. The fourth-order valence-electron chi connectivity index (χ4n) is 3.02. The SMILES string of the molecule is C=C=Cn1c(=O)n([C@@H]2O[C@H]([C@@H](O)CC)C[C@H]2O)c2nc(N)[nH]c(=O)c21. The molecule has 3 heterocycles. The van der Waals surface area contributed by atoms with Crippen LogP contribution in [0.5, 0.6) is 0 Å². The molecule has 134 valence electrons. The summed E-state index contributed by atoms with van der Waals surface area (Å²) >= 11 is 0. The van der Waals surface area contributed by atoms with Crippen LogP contribution in [-0.2, 0) is 4.74 Å². The van der Waals surface area contributed by atoms with Gasteiger partial charge in [-0.25, -0.2) is 9.36 Å². The average molecular weight is 349 g/mol. The molecule has 0 spiro atoms. The van der Waals surface area contributed by atoms with E-state index in [0.29, 0.717) is 6.42 Å². The lowest BCUT2D eigenvalue weighted by Crippen LogP contribution is -2.31. The number of aliphatic hydroxyl groups is 2. The summed E-state index contributed by atoms with van der Waals surface area (Å²) in [6, 6.07) is 0. The molecule has 2 aromatic heterocycles. The second-order valence-corrected chi connectivity index (χ2v) is 5.82. The van der Waals surface area contributed by atoms with Crippen molar-refractivity contribution in [3.05, 3.63) is 33.1 Å². The highest BCUT2D eigenvalue weighted by Gasteiger charge is 2.40. The number of ether oxygens (including phenoxy) is 1. The van der Waals surface area contributed by atoms with E-state index in [-0.39, 0.29) is 23.5 Å². The van der Waals surface area contributed by atoms with Gasteiger partial charge in [-0.3, -0.25) is 14.3 Å². The van der Waals surface area contributed by atoms with Gasteiger partial charge in [-0.2, -0.15) is 4.98 Å². The summed E-state index contributed by atoms with van der Waals surface area (Å²) in [5.74, 6) is -0.177. The number of aliphatic hydroxyl groups excluding tert-OH is 2. The van der Waals surface area contributed by atoms with E-state index in [1.165, 1.54) is 6.20 Å². The van der Waals surface area contributed by atoms with E-state index in [1.54, 1.807) is 6.92 Å². The van der Waals surface area contributed by atoms with Crippen molar-refractivity contribution in [1.82, 2.24) is 19.1 Å². The summed E-state index contributed by atoms with van der Waals surface area (Å²) in [7, 11) is 0. The van der Waals surface area contributed by atoms with Gasteiger partial charge in [0.05, 0.1) is 18.4 Å². The first-order valence-corrected chi connectivity index (χ1v) is 7.78. The Kier molecular flexibility index (Phi) is 4.36. The van der Waals surface area contributed by atoms with E-state index in [2.05, 4.69) is 22.3 Å². The first-order chi connectivity index (χ1) is 11.9. The van der Waals surface area contributed by atoms with Crippen LogP contribution >= 0.6 is 0 Å². The van der Waals surface area contributed by atoms with Crippen LogP contribution in [-0.4, -0.2) is 47.6 Å². The summed E-state index contributed by atoms with van der Waals surface area (Å²) in [4.78, 5) is 31.3. The molecule has 0 amide bonds. The minimum absolute atomic E-state index is 0.0339. The molecule has 0 bridgehead atoms. The number of nitrogen functional groups attached to an aromatic ring is 1. The molecule has 1 aliphatic rings. The van der Waals surface area contributed by atoms with Crippen LogP contribution in [0.2, 0.25) is 0 Å². The Balaban J connectivity index is 2.23. The molecule has 1 fully saturated rings. The molecule has 1 saturated heterocycles. The molecule has 5 N–H and O–H groups in total. The number of nitrogens with zero attached hydrogens (tertiary/aromatic N) is 3. The normalized spacial score (nSPS) is 24.4. The van der Waals surface area contributed by atoms with Gasteiger partial charge in [-0.15, -0.1) is 5.73 Å². The van der Waals surface area contributed by atoms with Gasteiger partial charge in [0.15, 0.2) is 17.4 Å². The number of imidazole rings is 1. The molecule has 0 aliphatic carbocycles. The lowest BCUT2D eigenvalue weighted by molar-refractivity contribution is -0.0758. The largest absolute Gasteiger partial charge is 0.390 e.